The van der Waals surface area contributed by atoms with Crippen molar-refractivity contribution in [2.45, 2.75) is 289 Å². The lowest BCUT2D eigenvalue weighted by Gasteiger charge is -2.42. The summed E-state index contributed by atoms with van der Waals surface area (Å²) in [5, 5.41) is 57.0. The van der Waals surface area contributed by atoms with Crippen LogP contribution in [0, 0.1) is 29.6 Å². The number of amides is 1. The number of rotatable bonds is 44. The van der Waals surface area contributed by atoms with Gasteiger partial charge >= 0.3 is 0 Å². The molecule has 392 valence electrons. The SMILES string of the molecule is CCCCCCCCCCC1CC1CCCCC=CCCC(O)C(=O)NC(COC1CC(CO)C(O)C(O)C1OCC=C(C)C)C(O)CCCCCCCC1CC1CCCCCCCCCC. The van der Waals surface area contributed by atoms with E-state index >= 15 is 0 Å². The van der Waals surface area contributed by atoms with Gasteiger partial charge in [-0.25, -0.2) is 0 Å². The average molecular weight is 946 g/mol. The van der Waals surface area contributed by atoms with Crippen LogP contribution in [0.1, 0.15) is 246 Å². The number of ether oxygens (including phenoxy) is 2. The van der Waals surface area contributed by atoms with Crippen molar-refractivity contribution in [3.05, 3.63) is 23.8 Å². The molecule has 0 saturated heterocycles. The molecule has 0 bridgehead atoms. The third-order valence-electron chi connectivity index (χ3n) is 15.7. The lowest BCUT2D eigenvalue weighted by Crippen LogP contribution is -2.57. The Balaban J connectivity index is 1.37. The molecule has 3 aliphatic rings. The van der Waals surface area contributed by atoms with E-state index in [2.05, 4.69) is 31.3 Å². The van der Waals surface area contributed by atoms with E-state index in [4.69, 9.17) is 9.47 Å². The van der Waals surface area contributed by atoms with Gasteiger partial charge in [0, 0.05) is 12.5 Å². The maximum atomic E-state index is 13.4. The molecule has 3 fully saturated rings. The molecule has 12 unspecified atom stereocenters. The smallest absolute Gasteiger partial charge is 0.249 e. The quantitative estimate of drug-likeness (QED) is 0.0261. The largest absolute Gasteiger partial charge is 0.396 e. The molecule has 0 aromatic carbocycles. The van der Waals surface area contributed by atoms with E-state index < -0.39 is 54.5 Å². The molecular formula is C58H107NO8. The van der Waals surface area contributed by atoms with E-state index in [1.165, 1.54) is 167 Å². The number of aliphatic hydroxyl groups is 5. The summed E-state index contributed by atoms with van der Waals surface area (Å²) in [6.07, 6.45) is 41.3. The van der Waals surface area contributed by atoms with Crippen molar-refractivity contribution in [3.8, 4) is 0 Å². The average Bonchev–Trinajstić information content (AvgIpc) is 4.25. The molecule has 0 aliphatic heterocycles. The molecule has 3 rings (SSSR count). The summed E-state index contributed by atoms with van der Waals surface area (Å²) in [4.78, 5) is 13.4. The van der Waals surface area contributed by atoms with Crippen LogP contribution in [0.25, 0.3) is 0 Å². The van der Waals surface area contributed by atoms with Crippen LogP contribution in [0.3, 0.4) is 0 Å². The highest BCUT2D eigenvalue weighted by Crippen LogP contribution is 2.46. The second kappa shape index (κ2) is 37.4. The maximum Gasteiger partial charge on any atom is 0.249 e. The van der Waals surface area contributed by atoms with Crippen LogP contribution < -0.4 is 5.32 Å². The van der Waals surface area contributed by atoms with E-state index in [1.807, 2.05) is 19.9 Å². The summed E-state index contributed by atoms with van der Waals surface area (Å²) in [6.45, 7) is 8.32. The Morgan fingerprint density at radius 1 is 0.582 bits per heavy atom. The first-order chi connectivity index (χ1) is 32.6. The van der Waals surface area contributed by atoms with Gasteiger partial charge in [0.2, 0.25) is 5.91 Å². The molecule has 3 saturated carbocycles. The van der Waals surface area contributed by atoms with E-state index in [1.54, 1.807) is 0 Å². The molecule has 67 heavy (non-hydrogen) atoms. The molecule has 9 heteroatoms. The van der Waals surface area contributed by atoms with Crippen molar-refractivity contribution < 1.29 is 39.8 Å². The highest BCUT2D eigenvalue weighted by molar-refractivity contribution is 5.80. The number of hydrogen-bond acceptors (Lipinski definition) is 8. The van der Waals surface area contributed by atoms with E-state index in [0.29, 0.717) is 19.3 Å². The Labute approximate surface area is 411 Å². The number of carbonyl (C=O) groups excluding carboxylic acids is 1. The Morgan fingerprint density at radius 3 is 1.57 bits per heavy atom. The molecule has 0 heterocycles. The third-order valence-corrected chi connectivity index (χ3v) is 15.7. The molecule has 12 atom stereocenters. The molecule has 0 aromatic rings. The fraction of sp³-hybridized carbons (Fsp3) is 0.914. The van der Waals surface area contributed by atoms with Gasteiger partial charge in [-0.05, 0) is 88.9 Å². The predicted octanol–water partition coefficient (Wildman–Crippen LogP) is 12.6. The second-order valence-corrected chi connectivity index (χ2v) is 22.0. The van der Waals surface area contributed by atoms with Crippen molar-refractivity contribution in [2.75, 3.05) is 19.8 Å². The minimum Gasteiger partial charge on any atom is -0.396 e. The zero-order valence-electron chi connectivity index (χ0n) is 43.8. The van der Waals surface area contributed by atoms with Crippen LogP contribution >= 0.6 is 0 Å². The van der Waals surface area contributed by atoms with Gasteiger partial charge in [-0.15, -0.1) is 0 Å². The molecule has 0 radical (unpaired) electrons. The van der Waals surface area contributed by atoms with Crippen molar-refractivity contribution in [3.63, 3.8) is 0 Å². The number of unbranched alkanes of at least 4 members (excludes halogenated alkanes) is 20. The minimum atomic E-state index is -1.27. The zero-order chi connectivity index (χ0) is 48.5. The first-order valence-corrected chi connectivity index (χ1v) is 28.7. The van der Waals surface area contributed by atoms with Crippen molar-refractivity contribution in [1.29, 1.82) is 0 Å². The van der Waals surface area contributed by atoms with Gasteiger partial charge in [0.15, 0.2) is 0 Å². The monoisotopic (exact) mass is 946 g/mol. The van der Waals surface area contributed by atoms with Crippen LogP contribution in [0.4, 0.5) is 0 Å². The Morgan fingerprint density at radius 2 is 1.06 bits per heavy atom. The fourth-order valence-electron chi connectivity index (χ4n) is 10.8. The van der Waals surface area contributed by atoms with Crippen LogP contribution in [-0.4, -0.2) is 93.9 Å². The molecule has 1 amide bonds. The lowest BCUT2D eigenvalue weighted by atomic mass is 9.81. The van der Waals surface area contributed by atoms with Crippen LogP contribution in [0.2, 0.25) is 0 Å². The highest BCUT2D eigenvalue weighted by Gasteiger charge is 2.45. The van der Waals surface area contributed by atoms with Gasteiger partial charge < -0.3 is 40.3 Å². The number of hydrogen-bond donors (Lipinski definition) is 6. The first-order valence-electron chi connectivity index (χ1n) is 28.7. The maximum absolute atomic E-state index is 13.4. The summed E-state index contributed by atoms with van der Waals surface area (Å²) in [6, 6.07) is -0.785. The van der Waals surface area contributed by atoms with E-state index in [9.17, 15) is 30.3 Å². The predicted molar refractivity (Wildman–Crippen MR) is 277 cm³/mol. The summed E-state index contributed by atoms with van der Waals surface area (Å²) in [5.74, 6) is 2.68. The fourth-order valence-corrected chi connectivity index (χ4v) is 10.8. The Bertz CT molecular complexity index is 1270. The number of carbonyl (C=O) groups is 1. The Kier molecular flexibility index (Phi) is 33.5. The molecule has 9 nitrogen and oxygen atoms in total. The number of allylic oxidation sites excluding steroid dienone is 3. The summed E-state index contributed by atoms with van der Waals surface area (Å²) in [5.41, 5.74) is 1.05. The normalized spacial score (nSPS) is 26.1. The van der Waals surface area contributed by atoms with Crippen molar-refractivity contribution in [1.82, 2.24) is 5.32 Å². The Hall–Kier alpha value is -1.33. The third kappa shape index (κ3) is 27.2. The zero-order valence-corrected chi connectivity index (χ0v) is 43.8. The molecule has 6 N–H and O–H groups in total. The molecule has 0 spiro atoms. The minimum absolute atomic E-state index is 0.0595. The first kappa shape index (κ1) is 60.0. The van der Waals surface area contributed by atoms with Gasteiger partial charge in [0.25, 0.3) is 0 Å². The molecule has 0 aromatic heterocycles. The van der Waals surface area contributed by atoms with Crippen molar-refractivity contribution in [2.24, 2.45) is 29.6 Å². The van der Waals surface area contributed by atoms with Gasteiger partial charge in [-0.2, -0.15) is 0 Å². The van der Waals surface area contributed by atoms with E-state index in [0.717, 1.165) is 54.9 Å². The molecule has 3 aliphatic carbocycles. The lowest BCUT2D eigenvalue weighted by molar-refractivity contribution is -0.195. The summed E-state index contributed by atoms with van der Waals surface area (Å²) in [7, 11) is 0. The van der Waals surface area contributed by atoms with Crippen LogP contribution in [-0.2, 0) is 14.3 Å². The van der Waals surface area contributed by atoms with E-state index in [-0.39, 0.29) is 26.2 Å². The van der Waals surface area contributed by atoms with Gasteiger partial charge in [0.1, 0.15) is 18.3 Å². The summed E-state index contributed by atoms with van der Waals surface area (Å²) >= 11 is 0. The van der Waals surface area contributed by atoms with Gasteiger partial charge in [0.05, 0.1) is 37.6 Å². The topological polar surface area (TPSA) is 149 Å². The van der Waals surface area contributed by atoms with Crippen LogP contribution in [0.5, 0.6) is 0 Å². The van der Waals surface area contributed by atoms with Crippen molar-refractivity contribution >= 4 is 5.91 Å². The van der Waals surface area contributed by atoms with Gasteiger partial charge in [-0.3, -0.25) is 4.79 Å². The second-order valence-electron chi connectivity index (χ2n) is 22.0. The summed E-state index contributed by atoms with van der Waals surface area (Å²) < 4.78 is 12.3. The number of nitrogens with one attached hydrogen (secondary N) is 1. The van der Waals surface area contributed by atoms with Gasteiger partial charge in [-0.1, -0.05) is 205 Å². The number of aliphatic hydroxyl groups excluding tert-OH is 5. The highest BCUT2D eigenvalue weighted by atomic mass is 16.6. The standard InChI is InChI=1S/C58H107NO8/c1-5-7-9-11-13-15-20-26-32-46-40-48(46)34-28-22-17-18-24-31-37-53(62)58(65)59-51(44-67-54-42-50(43-60)55(63)56(64)57(54)66-39-38-45(3)4)52(61)36-30-25-19-23-29-35-49-41-47(49)33-27-21-16-14-12-10-8-6-2/h18,24,38,46-57,60-64H,5-17,19-23,25-37,39-44H2,1-4H3,(H,59,65). The molecular weight excluding hydrogens is 839 g/mol. The van der Waals surface area contributed by atoms with Crippen LogP contribution in [0.15, 0.2) is 23.8 Å².